The Morgan fingerprint density at radius 1 is 1.44 bits per heavy atom. The van der Waals surface area contributed by atoms with Crippen LogP contribution in [-0.4, -0.2) is 24.3 Å². The first kappa shape index (κ1) is 11.3. The molecule has 3 heteroatoms. The van der Waals surface area contributed by atoms with Crippen LogP contribution in [0, 0.1) is 0 Å². The Kier molecular flexibility index (Phi) is 3.70. The zero-order chi connectivity index (χ0) is 11.4. The number of hydrogen-bond acceptors (Lipinski definition) is 2. The van der Waals surface area contributed by atoms with Gasteiger partial charge in [0.2, 0.25) is 0 Å². The highest BCUT2D eigenvalue weighted by Crippen LogP contribution is 2.24. The highest BCUT2D eigenvalue weighted by atomic mass is 32.2. The van der Waals surface area contributed by atoms with Crippen molar-refractivity contribution in [2.24, 2.45) is 0 Å². The Labute approximate surface area is 100 Å². The van der Waals surface area contributed by atoms with Gasteiger partial charge in [0, 0.05) is 23.2 Å². The fraction of sp³-hybridized carbons (Fsp3) is 0.231. The highest BCUT2D eigenvalue weighted by molar-refractivity contribution is 7.99. The van der Waals surface area contributed by atoms with Crippen LogP contribution in [0.1, 0.15) is 0 Å². The minimum Gasteiger partial charge on any atom is -0.350 e. The van der Waals surface area contributed by atoms with E-state index in [1.165, 1.54) is 21.5 Å². The van der Waals surface area contributed by atoms with Crippen molar-refractivity contribution in [3.05, 3.63) is 42.5 Å². The number of nitrogens with one attached hydrogen (secondary N) is 2. The Morgan fingerprint density at radius 3 is 3.00 bits per heavy atom. The van der Waals surface area contributed by atoms with E-state index < -0.39 is 0 Å². The second-order valence-corrected chi connectivity index (χ2v) is 4.81. The molecule has 0 aliphatic heterocycles. The van der Waals surface area contributed by atoms with Crippen molar-refractivity contribution in [3.8, 4) is 0 Å². The molecule has 84 valence electrons. The second-order valence-electron chi connectivity index (χ2n) is 3.79. The molecule has 0 radical (unpaired) electrons. The summed E-state index contributed by atoms with van der Waals surface area (Å²) in [5, 5.41) is 5.58. The molecule has 0 bridgehead atoms. The maximum Gasteiger partial charge on any atom is 0.0735 e. The van der Waals surface area contributed by atoms with Gasteiger partial charge in [0.1, 0.15) is 0 Å². The molecule has 1 heterocycles. The van der Waals surface area contributed by atoms with Crippen LogP contribution in [-0.2, 0) is 0 Å². The lowest BCUT2D eigenvalue weighted by Gasteiger charge is -2.02. The summed E-state index contributed by atoms with van der Waals surface area (Å²) in [4.78, 5) is 3.39. The molecule has 2 aromatic rings. The van der Waals surface area contributed by atoms with Crippen molar-refractivity contribution in [1.82, 2.24) is 10.3 Å². The molecule has 2 nitrogen and oxygen atoms in total. The average Bonchev–Trinajstić information content (AvgIpc) is 2.69. The Bertz CT molecular complexity index is 454. The topological polar surface area (TPSA) is 27.8 Å². The molecule has 0 fully saturated rings. The van der Waals surface area contributed by atoms with Crippen LogP contribution in [0.4, 0.5) is 0 Å². The van der Waals surface area contributed by atoms with Crippen molar-refractivity contribution in [1.29, 1.82) is 0 Å². The molecule has 0 atom stereocenters. The Hall–Kier alpha value is -1.19. The zero-order valence-electron chi connectivity index (χ0n) is 9.42. The predicted molar refractivity (Wildman–Crippen MR) is 72.1 cm³/mol. The summed E-state index contributed by atoms with van der Waals surface area (Å²) in [5.41, 5.74) is 2.41. The SMILES string of the molecule is C=C(CNC)CSc1cc2ccccc2[nH]1. The van der Waals surface area contributed by atoms with E-state index >= 15 is 0 Å². The van der Waals surface area contributed by atoms with Crippen LogP contribution in [0.25, 0.3) is 10.9 Å². The van der Waals surface area contributed by atoms with E-state index in [1.54, 1.807) is 11.8 Å². The van der Waals surface area contributed by atoms with E-state index in [0.29, 0.717) is 0 Å². The van der Waals surface area contributed by atoms with Crippen LogP contribution in [0.5, 0.6) is 0 Å². The summed E-state index contributed by atoms with van der Waals surface area (Å²) in [6, 6.07) is 10.5. The quantitative estimate of drug-likeness (QED) is 0.612. The van der Waals surface area contributed by atoms with Crippen molar-refractivity contribution >= 4 is 22.7 Å². The van der Waals surface area contributed by atoms with E-state index in [0.717, 1.165) is 12.3 Å². The molecule has 0 amide bonds. The first-order chi connectivity index (χ1) is 7.79. The largest absolute Gasteiger partial charge is 0.350 e. The number of hydrogen-bond donors (Lipinski definition) is 2. The van der Waals surface area contributed by atoms with Crippen LogP contribution < -0.4 is 5.32 Å². The van der Waals surface area contributed by atoms with Gasteiger partial charge in [-0.3, -0.25) is 0 Å². The minimum atomic E-state index is 0.882. The van der Waals surface area contributed by atoms with Gasteiger partial charge in [0.25, 0.3) is 0 Å². The molecule has 0 saturated heterocycles. The molecule has 0 spiro atoms. The standard InChI is InChI=1S/C13H16N2S/c1-10(8-14-2)9-16-13-7-11-5-3-4-6-12(11)15-13/h3-7,14-15H,1,8-9H2,2H3. The van der Waals surface area contributed by atoms with Gasteiger partial charge in [-0.25, -0.2) is 0 Å². The van der Waals surface area contributed by atoms with Crippen LogP contribution in [0.2, 0.25) is 0 Å². The maximum absolute atomic E-state index is 4.02. The number of benzene rings is 1. The third-order valence-electron chi connectivity index (χ3n) is 2.36. The fourth-order valence-electron chi connectivity index (χ4n) is 1.61. The third kappa shape index (κ3) is 2.68. The molecular weight excluding hydrogens is 216 g/mol. The van der Waals surface area contributed by atoms with Gasteiger partial charge in [-0.15, -0.1) is 11.8 Å². The Balaban J connectivity index is 2.02. The molecule has 16 heavy (non-hydrogen) atoms. The lowest BCUT2D eigenvalue weighted by molar-refractivity contribution is 0.885. The third-order valence-corrected chi connectivity index (χ3v) is 3.45. The number of aromatic nitrogens is 1. The monoisotopic (exact) mass is 232 g/mol. The molecule has 0 unspecified atom stereocenters. The molecule has 2 rings (SSSR count). The smallest absolute Gasteiger partial charge is 0.0735 e. The van der Waals surface area contributed by atoms with Gasteiger partial charge in [-0.2, -0.15) is 0 Å². The lowest BCUT2D eigenvalue weighted by atomic mass is 10.3. The van der Waals surface area contributed by atoms with Gasteiger partial charge in [-0.1, -0.05) is 30.4 Å². The minimum absolute atomic E-state index is 0.882. The molecule has 0 aliphatic carbocycles. The summed E-state index contributed by atoms with van der Waals surface area (Å²) >= 11 is 1.80. The molecule has 2 N–H and O–H groups in total. The molecule has 1 aromatic heterocycles. The van der Waals surface area contributed by atoms with Crippen molar-refractivity contribution in [2.75, 3.05) is 19.3 Å². The average molecular weight is 232 g/mol. The van der Waals surface area contributed by atoms with E-state index in [2.05, 4.69) is 41.1 Å². The lowest BCUT2D eigenvalue weighted by Crippen LogP contribution is -2.10. The van der Waals surface area contributed by atoms with E-state index in [-0.39, 0.29) is 0 Å². The van der Waals surface area contributed by atoms with E-state index in [9.17, 15) is 0 Å². The van der Waals surface area contributed by atoms with Gasteiger partial charge in [0.05, 0.1) is 5.03 Å². The maximum atomic E-state index is 4.02. The fourth-order valence-corrected chi connectivity index (χ4v) is 2.46. The number of rotatable bonds is 5. The second kappa shape index (κ2) is 5.23. The molecule has 1 aromatic carbocycles. The first-order valence-electron chi connectivity index (χ1n) is 5.31. The number of likely N-dealkylation sites (N-methyl/N-ethyl adjacent to an activating group) is 1. The molecule has 0 saturated carbocycles. The van der Waals surface area contributed by atoms with Crippen LogP contribution >= 0.6 is 11.8 Å². The summed E-state index contributed by atoms with van der Waals surface area (Å²) in [6.07, 6.45) is 0. The van der Waals surface area contributed by atoms with Gasteiger partial charge in [-0.05, 0) is 19.2 Å². The first-order valence-corrected chi connectivity index (χ1v) is 6.30. The van der Waals surface area contributed by atoms with Gasteiger partial charge < -0.3 is 10.3 Å². The number of H-pyrrole nitrogens is 1. The molecule has 0 aliphatic rings. The number of fused-ring (bicyclic) bond motifs is 1. The summed E-state index contributed by atoms with van der Waals surface area (Å²) < 4.78 is 0. The van der Waals surface area contributed by atoms with Crippen molar-refractivity contribution in [3.63, 3.8) is 0 Å². The van der Waals surface area contributed by atoms with Gasteiger partial charge in [0.15, 0.2) is 0 Å². The van der Waals surface area contributed by atoms with Crippen molar-refractivity contribution in [2.45, 2.75) is 5.03 Å². The van der Waals surface area contributed by atoms with Crippen LogP contribution in [0.3, 0.4) is 0 Å². The van der Waals surface area contributed by atoms with Crippen molar-refractivity contribution < 1.29 is 0 Å². The Morgan fingerprint density at radius 2 is 2.25 bits per heavy atom. The number of aromatic amines is 1. The van der Waals surface area contributed by atoms with E-state index in [4.69, 9.17) is 0 Å². The zero-order valence-corrected chi connectivity index (χ0v) is 10.2. The molecular formula is C13H16N2S. The van der Waals surface area contributed by atoms with Crippen LogP contribution in [0.15, 0.2) is 47.5 Å². The number of para-hydroxylation sites is 1. The van der Waals surface area contributed by atoms with E-state index in [1.807, 2.05) is 13.1 Å². The highest BCUT2D eigenvalue weighted by Gasteiger charge is 2.01. The number of thioether (sulfide) groups is 1. The normalized spacial score (nSPS) is 10.8. The van der Waals surface area contributed by atoms with Gasteiger partial charge >= 0.3 is 0 Å². The summed E-state index contributed by atoms with van der Waals surface area (Å²) in [7, 11) is 1.94. The summed E-state index contributed by atoms with van der Waals surface area (Å²) in [6.45, 7) is 4.90. The predicted octanol–water partition coefficient (Wildman–Crippen LogP) is 3.04. The summed E-state index contributed by atoms with van der Waals surface area (Å²) in [5.74, 6) is 0.952.